The molecule has 1 heterocycles. The summed E-state index contributed by atoms with van der Waals surface area (Å²) in [7, 11) is -3.45. The summed E-state index contributed by atoms with van der Waals surface area (Å²) in [5.74, 6) is 0.402. The molecule has 0 unspecified atom stereocenters. The van der Waals surface area contributed by atoms with Crippen LogP contribution in [0.5, 0.6) is 0 Å². The summed E-state index contributed by atoms with van der Waals surface area (Å²) < 4.78 is 26.2. The van der Waals surface area contributed by atoms with Crippen LogP contribution in [0.1, 0.15) is 40.0 Å². The van der Waals surface area contributed by atoms with Crippen LogP contribution in [-0.4, -0.2) is 35.3 Å². The van der Waals surface area contributed by atoms with Crippen molar-refractivity contribution in [2.24, 2.45) is 16.7 Å². The fraction of sp³-hybridized carbons (Fsp3) is 0.923. The van der Waals surface area contributed by atoms with Crippen LogP contribution in [0.2, 0.25) is 0 Å². The van der Waals surface area contributed by atoms with Crippen molar-refractivity contribution in [3.05, 3.63) is 0 Å². The molecular weight excluding hydrogens is 330 g/mol. The van der Waals surface area contributed by atoms with E-state index in [9.17, 15) is 13.2 Å². The van der Waals surface area contributed by atoms with Gasteiger partial charge in [-0.15, -0.1) is 0 Å². The van der Waals surface area contributed by atoms with Crippen molar-refractivity contribution in [1.82, 2.24) is 4.31 Å². The lowest BCUT2D eigenvalue weighted by Crippen LogP contribution is -2.46. The van der Waals surface area contributed by atoms with Crippen molar-refractivity contribution >= 4 is 31.9 Å². The fourth-order valence-electron chi connectivity index (χ4n) is 4.75. The first kappa shape index (κ1) is 13.9. The predicted octanol–water partition coefficient (Wildman–Crippen LogP) is 2.14. The monoisotopic (exact) mass is 349 g/mol. The predicted molar refractivity (Wildman–Crippen MR) is 76.4 cm³/mol. The highest BCUT2D eigenvalue weighted by molar-refractivity contribution is 9.10. The maximum absolute atomic E-state index is 12.5. The molecule has 108 valence electrons. The second-order valence-corrected chi connectivity index (χ2v) is 10.1. The quantitative estimate of drug-likeness (QED) is 0.681. The van der Waals surface area contributed by atoms with Gasteiger partial charge in [0.05, 0.1) is 16.6 Å². The summed E-state index contributed by atoms with van der Waals surface area (Å²) in [5.41, 5.74) is -0.191. The first-order chi connectivity index (χ1) is 8.63. The average molecular weight is 350 g/mol. The van der Waals surface area contributed by atoms with Crippen LogP contribution in [0.4, 0.5) is 0 Å². The standard InChI is InChI=1S/C13H20BrNO3S/c1-8(14)11(16)15-10-6-9-4-5-13(10,12(9,2)3)7-19(15,17)18/h8-10H,4-7H2,1-3H3/t8-,9-,10-,13-/m0/s1. The van der Waals surface area contributed by atoms with E-state index in [4.69, 9.17) is 0 Å². The van der Waals surface area contributed by atoms with Gasteiger partial charge in [0, 0.05) is 5.41 Å². The summed E-state index contributed by atoms with van der Waals surface area (Å²) in [6, 6.07) is -0.112. The van der Waals surface area contributed by atoms with Crippen LogP contribution < -0.4 is 0 Å². The Labute approximate surface area is 123 Å². The highest BCUT2D eigenvalue weighted by Crippen LogP contribution is 2.70. The lowest BCUT2D eigenvalue weighted by Gasteiger charge is -2.37. The van der Waals surface area contributed by atoms with Gasteiger partial charge in [-0.2, -0.15) is 0 Å². The van der Waals surface area contributed by atoms with Crippen molar-refractivity contribution in [3.63, 3.8) is 0 Å². The van der Waals surface area contributed by atoms with Crippen LogP contribution in [0.3, 0.4) is 0 Å². The molecule has 0 aromatic heterocycles. The Balaban J connectivity index is 2.09. The first-order valence-corrected chi connectivity index (χ1v) is 9.36. The van der Waals surface area contributed by atoms with E-state index in [2.05, 4.69) is 29.8 Å². The van der Waals surface area contributed by atoms with E-state index in [1.807, 2.05) is 0 Å². The molecule has 0 radical (unpaired) electrons. The number of alkyl halides is 1. The summed E-state index contributed by atoms with van der Waals surface area (Å²) in [6.07, 6.45) is 2.89. The van der Waals surface area contributed by atoms with Gasteiger partial charge in [-0.25, -0.2) is 12.7 Å². The minimum Gasteiger partial charge on any atom is -0.273 e. The van der Waals surface area contributed by atoms with Crippen molar-refractivity contribution < 1.29 is 13.2 Å². The Morgan fingerprint density at radius 1 is 1.42 bits per heavy atom. The van der Waals surface area contributed by atoms with Crippen LogP contribution in [-0.2, 0) is 14.8 Å². The first-order valence-electron chi connectivity index (χ1n) is 6.83. The molecule has 3 fully saturated rings. The smallest absolute Gasteiger partial charge is 0.249 e. The number of hydrogen-bond donors (Lipinski definition) is 0. The van der Waals surface area contributed by atoms with E-state index in [-0.39, 0.29) is 28.5 Å². The maximum atomic E-state index is 12.5. The Bertz CT molecular complexity index is 542. The van der Waals surface area contributed by atoms with Gasteiger partial charge in [0.15, 0.2) is 0 Å². The van der Waals surface area contributed by atoms with E-state index in [1.165, 1.54) is 4.31 Å². The Hall–Kier alpha value is -0.100. The van der Waals surface area contributed by atoms with Crippen LogP contribution in [0, 0.1) is 16.7 Å². The van der Waals surface area contributed by atoms with Crippen LogP contribution >= 0.6 is 15.9 Å². The molecule has 2 saturated carbocycles. The molecule has 6 heteroatoms. The molecule has 2 bridgehead atoms. The molecular formula is C13H20BrNO3S. The molecule has 19 heavy (non-hydrogen) atoms. The molecule has 1 aliphatic heterocycles. The largest absolute Gasteiger partial charge is 0.273 e. The fourth-order valence-corrected chi connectivity index (χ4v) is 7.72. The van der Waals surface area contributed by atoms with E-state index in [1.54, 1.807) is 6.92 Å². The van der Waals surface area contributed by atoms with Gasteiger partial charge in [-0.3, -0.25) is 4.79 Å². The molecule has 2 aliphatic carbocycles. The third-order valence-corrected chi connectivity index (χ3v) is 8.27. The van der Waals surface area contributed by atoms with E-state index < -0.39 is 14.9 Å². The summed E-state index contributed by atoms with van der Waals surface area (Å²) in [6.45, 7) is 6.07. The van der Waals surface area contributed by atoms with Crippen molar-refractivity contribution in [3.8, 4) is 0 Å². The molecule has 4 atom stereocenters. The number of carbonyl (C=O) groups excluding carboxylic acids is 1. The third-order valence-electron chi connectivity index (χ3n) is 5.97. The van der Waals surface area contributed by atoms with E-state index in [0.717, 1.165) is 19.3 Å². The van der Waals surface area contributed by atoms with Crippen LogP contribution in [0.15, 0.2) is 0 Å². The number of hydrogen-bond acceptors (Lipinski definition) is 3. The number of amides is 1. The van der Waals surface area contributed by atoms with Gasteiger partial charge in [0.25, 0.3) is 0 Å². The number of nitrogens with zero attached hydrogens (tertiary/aromatic N) is 1. The van der Waals surface area contributed by atoms with Gasteiger partial charge in [0.1, 0.15) is 0 Å². The minimum absolute atomic E-state index is 0.0231. The zero-order valence-electron chi connectivity index (χ0n) is 11.5. The number of fused-ring (bicyclic) bond motifs is 1. The van der Waals surface area contributed by atoms with E-state index >= 15 is 0 Å². The maximum Gasteiger partial charge on any atom is 0.249 e. The molecule has 4 nitrogen and oxygen atoms in total. The number of halogens is 1. The summed E-state index contributed by atoms with van der Waals surface area (Å²) in [5, 5.41) is 0. The summed E-state index contributed by atoms with van der Waals surface area (Å²) >= 11 is 3.22. The lowest BCUT2D eigenvalue weighted by molar-refractivity contribution is -0.128. The second kappa shape index (κ2) is 3.75. The Morgan fingerprint density at radius 2 is 2.05 bits per heavy atom. The summed E-state index contributed by atoms with van der Waals surface area (Å²) in [4.78, 5) is 11.8. The number of carbonyl (C=O) groups is 1. The molecule has 3 rings (SSSR count). The third kappa shape index (κ3) is 1.50. The average Bonchev–Trinajstić information content (AvgIpc) is 2.74. The van der Waals surface area contributed by atoms with Gasteiger partial charge in [-0.1, -0.05) is 29.8 Å². The van der Waals surface area contributed by atoms with Gasteiger partial charge in [-0.05, 0) is 37.5 Å². The molecule has 1 saturated heterocycles. The van der Waals surface area contributed by atoms with Crippen molar-refractivity contribution in [1.29, 1.82) is 0 Å². The SMILES string of the molecule is C[C@H](Br)C(=O)N1[C@H]2C[C@@H]3CC[C@@]2(CS1(=O)=O)C3(C)C. The molecule has 0 N–H and O–H groups in total. The number of sulfonamides is 1. The normalized spacial score (nSPS) is 43.3. The molecule has 3 aliphatic rings. The minimum atomic E-state index is -3.45. The molecule has 0 aromatic rings. The molecule has 0 aromatic carbocycles. The van der Waals surface area contributed by atoms with Gasteiger partial charge < -0.3 is 0 Å². The van der Waals surface area contributed by atoms with Gasteiger partial charge in [0.2, 0.25) is 15.9 Å². The molecule has 1 spiro atoms. The highest BCUT2D eigenvalue weighted by Gasteiger charge is 2.72. The molecule has 1 amide bonds. The topological polar surface area (TPSA) is 54.5 Å². The van der Waals surface area contributed by atoms with Crippen molar-refractivity contribution in [2.75, 3.05) is 5.75 Å². The second-order valence-electron chi connectivity index (χ2n) is 6.87. The highest BCUT2D eigenvalue weighted by atomic mass is 79.9. The zero-order valence-corrected chi connectivity index (χ0v) is 13.9. The zero-order chi connectivity index (χ0) is 14.2. The van der Waals surface area contributed by atoms with Crippen molar-refractivity contribution in [2.45, 2.75) is 50.9 Å². The Kier molecular flexibility index (Phi) is 2.74. The van der Waals surface area contributed by atoms with E-state index in [0.29, 0.717) is 5.92 Å². The lowest BCUT2D eigenvalue weighted by atomic mass is 9.69. The Morgan fingerprint density at radius 3 is 2.58 bits per heavy atom. The van der Waals surface area contributed by atoms with Crippen LogP contribution in [0.25, 0.3) is 0 Å². The number of rotatable bonds is 1. The van der Waals surface area contributed by atoms with Gasteiger partial charge >= 0.3 is 0 Å².